The zero-order valence-electron chi connectivity index (χ0n) is 46.6. The van der Waals surface area contributed by atoms with Crippen molar-refractivity contribution in [2.24, 2.45) is 0 Å². The van der Waals surface area contributed by atoms with Crippen molar-refractivity contribution < 1.29 is 19.4 Å². The summed E-state index contributed by atoms with van der Waals surface area (Å²) in [4.78, 5) is 11.0. The highest BCUT2D eigenvalue weighted by Crippen LogP contribution is 2.45. The first kappa shape index (κ1) is 59.4. The average Bonchev–Trinajstić information content (AvgIpc) is 3.31. The first-order valence-electron chi connectivity index (χ1n) is 29.0. The fourth-order valence-corrected chi connectivity index (χ4v) is 11.4. The molecule has 68 heavy (non-hydrogen) atoms. The van der Waals surface area contributed by atoms with Crippen LogP contribution in [0.25, 0.3) is 0 Å². The molecule has 0 bridgehead atoms. The van der Waals surface area contributed by atoms with E-state index < -0.39 is 5.97 Å². The predicted molar refractivity (Wildman–Crippen MR) is 296 cm³/mol. The van der Waals surface area contributed by atoms with Gasteiger partial charge in [0.2, 0.25) is 0 Å². The summed E-state index contributed by atoms with van der Waals surface area (Å²) in [6, 6.07) is 0. The molecule has 0 saturated carbocycles. The molecule has 2 atom stereocenters. The minimum atomic E-state index is -0.932. The van der Waals surface area contributed by atoms with Gasteiger partial charge in [-0.2, -0.15) is 0 Å². The van der Waals surface area contributed by atoms with Crippen LogP contribution in [0.2, 0.25) is 0 Å². The third-order valence-corrected chi connectivity index (χ3v) is 16.2. The second kappa shape index (κ2) is 32.9. The number of nitrogens with one attached hydrogen (secondary N) is 2. The van der Waals surface area contributed by atoms with Crippen molar-refractivity contribution in [2.75, 3.05) is 23.8 Å². The van der Waals surface area contributed by atoms with Crippen molar-refractivity contribution in [3.05, 3.63) is 44.5 Å². The standard InChI is InChI=1S/C31H53NO3.C31H55NO/c1-6-7-8-9-10-11-12-13-14-15-16-17-18-19-21-31(5)22-20-27-26(4)30(35-23-28(33)34)25(3)24(2)29(27)32-31;1-7-9-10-11-12-13-14-15-16-17-18-19-20-21-23-31(6)24-22-28-27(5)30(33-8-2)26(4)25(3)29(28)32-31/h32H,6-23H2,1-5H3,(H,33,34);32H,7-24H2,1-6H3. The average molecular weight is 946 g/mol. The van der Waals surface area contributed by atoms with E-state index >= 15 is 0 Å². The molecular weight excluding hydrogens is 837 g/mol. The van der Waals surface area contributed by atoms with E-state index in [0.29, 0.717) is 0 Å². The maximum Gasteiger partial charge on any atom is 0.341 e. The lowest BCUT2D eigenvalue weighted by atomic mass is 9.80. The van der Waals surface area contributed by atoms with E-state index in [0.717, 1.165) is 42.1 Å². The molecule has 0 spiro atoms. The number of anilines is 2. The number of carboxylic acid groups (broad SMARTS) is 1. The van der Waals surface area contributed by atoms with Gasteiger partial charge in [0.1, 0.15) is 11.5 Å². The number of rotatable bonds is 35. The molecule has 2 heterocycles. The van der Waals surface area contributed by atoms with Crippen LogP contribution in [-0.2, 0) is 17.6 Å². The second-order valence-corrected chi connectivity index (χ2v) is 22.3. The Balaban J connectivity index is 0.000000361. The summed E-state index contributed by atoms with van der Waals surface area (Å²) < 4.78 is 11.7. The van der Waals surface area contributed by atoms with Crippen LogP contribution in [0, 0.1) is 41.5 Å². The lowest BCUT2D eigenvalue weighted by molar-refractivity contribution is -0.139. The zero-order chi connectivity index (χ0) is 49.8. The van der Waals surface area contributed by atoms with Gasteiger partial charge < -0.3 is 25.2 Å². The highest BCUT2D eigenvalue weighted by Gasteiger charge is 2.33. The molecule has 2 aliphatic heterocycles. The quantitative estimate of drug-likeness (QED) is 0.0598. The maximum atomic E-state index is 11.0. The third-order valence-electron chi connectivity index (χ3n) is 16.2. The third kappa shape index (κ3) is 20.4. The van der Waals surface area contributed by atoms with Crippen LogP contribution in [0.15, 0.2) is 0 Å². The second-order valence-electron chi connectivity index (χ2n) is 22.3. The number of hydrogen-bond donors (Lipinski definition) is 3. The van der Waals surface area contributed by atoms with Crippen molar-refractivity contribution in [3.63, 3.8) is 0 Å². The van der Waals surface area contributed by atoms with Gasteiger partial charge >= 0.3 is 5.97 Å². The Morgan fingerprint density at radius 3 is 1.03 bits per heavy atom. The molecular formula is C62H108N2O4. The molecule has 2 aromatic carbocycles. The van der Waals surface area contributed by atoms with Gasteiger partial charge in [-0.05, 0) is 145 Å². The molecule has 0 saturated heterocycles. The first-order chi connectivity index (χ1) is 32.7. The van der Waals surface area contributed by atoms with Gasteiger partial charge in [-0.25, -0.2) is 4.79 Å². The lowest BCUT2D eigenvalue weighted by Gasteiger charge is -2.39. The Morgan fingerprint density at radius 1 is 0.441 bits per heavy atom. The molecule has 0 amide bonds. The summed E-state index contributed by atoms with van der Waals surface area (Å²) in [5.74, 6) is 0.935. The predicted octanol–water partition coefficient (Wildman–Crippen LogP) is 19.1. The van der Waals surface area contributed by atoms with E-state index in [1.165, 1.54) is 250 Å². The van der Waals surface area contributed by atoms with Crippen molar-refractivity contribution in [3.8, 4) is 11.5 Å². The van der Waals surface area contributed by atoms with Crippen LogP contribution in [0.1, 0.15) is 285 Å². The molecule has 390 valence electrons. The van der Waals surface area contributed by atoms with Gasteiger partial charge in [-0.15, -0.1) is 0 Å². The summed E-state index contributed by atoms with van der Waals surface area (Å²) in [5, 5.41) is 16.9. The molecule has 2 aliphatic rings. The Morgan fingerprint density at radius 2 is 0.735 bits per heavy atom. The van der Waals surface area contributed by atoms with Crippen LogP contribution in [0.4, 0.5) is 11.4 Å². The van der Waals surface area contributed by atoms with Gasteiger partial charge in [0.15, 0.2) is 6.61 Å². The molecule has 6 heteroatoms. The monoisotopic (exact) mass is 945 g/mol. The number of fused-ring (bicyclic) bond motifs is 2. The van der Waals surface area contributed by atoms with Crippen molar-refractivity contribution in [1.82, 2.24) is 0 Å². The smallest absolute Gasteiger partial charge is 0.341 e. The number of carboxylic acids is 1. The van der Waals surface area contributed by atoms with Crippen LogP contribution >= 0.6 is 0 Å². The Labute approximate surface area is 420 Å². The Hall–Kier alpha value is -2.89. The van der Waals surface area contributed by atoms with Gasteiger partial charge in [-0.1, -0.05) is 194 Å². The fourth-order valence-electron chi connectivity index (χ4n) is 11.4. The number of carbonyl (C=O) groups is 1. The minimum Gasteiger partial charge on any atom is -0.493 e. The molecule has 2 aromatic rings. The largest absolute Gasteiger partial charge is 0.493 e. The summed E-state index contributed by atoms with van der Waals surface area (Å²) in [6.07, 6.45) is 46.6. The summed E-state index contributed by atoms with van der Waals surface area (Å²) >= 11 is 0. The van der Waals surface area contributed by atoms with E-state index in [1.54, 1.807) is 0 Å². The van der Waals surface area contributed by atoms with Gasteiger partial charge in [0.05, 0.1) is 6.61 Å². The van der Waals surface area contributed by atoms with Crippen LogP contribution in [0.5, 0.6) is 11.5 Å². The van der Waals surface area contributed by atoms with Crippen molar-refractivity contribution in [2.45, 2.75) is 306 Å². The molecule has 0 radical (unpaired) electrons. The number of benzene rings is 2. The topological polar surface area (TPSA) is 79.8 Å². The molecule has 4 rings (SSSR count). The van der Waals surface area contributed by atoms with Gasteiger partial charge in [-0.3, -0.25) is 0 Å². The van der Waals surface area contributed by atoms with Gasteiger partial charge in [0.25, 0.3) is 0 Å². The normalized spacial score (nSPS) is 17.4. The molecule has 0 aromatic heterocycles. The van der Waals surface area contributed by atoms with Crippen molar-refractivity contribution >= 4 is 17.3 Å². The van der Waals surface area contributed by atoms with Crippen LogP contribution in [-0.4, -0.2) is 35.4 Å². The molecule has 2 unspecified atom stereocenters. The van der Waals surface area contributed by atoms with E-state index in [-0.39, 0.29) is 17.7 Å². The minimum absolute atomic E-state index is 0.136. The van der Waals surface area contributed by atoms with E-state index in [4.69, 9.17) is 14.6 Å². The van der Waals surface area contributed by atoms with Crippen LogP contribution < -0.4 is 20.1 Å². The molecule has 0 fully saturated rings. The summed E-state index contributed by atoms with van der Waals surface area (Å²) in [5.41, 5.74) is 13.2. The van der Waals surface area contributed by atoms with Crippen LogP contribution in [0.3, 0.4) is 0 Å². The van der Waals surface area contributed by atoms with Gasteiger partial charge in [0, 0.05) is 22.5 Å². The first-order valence-corrected chi connectivity index (χ1v) is 29.0. The maximum absolute atomic E-state index is 11.0. The zero-order valence-corrected chi connectivity index (χ0v) is 46.6. The van der Waals surface area contributed by atoms with E-state index in [1.807, 2.05) is 6.92 Å². The number of hydrogen-bond acceptors (Lipinski definition) is 5. The SMILES string of the molecule is CCCCCCCCCCCCCCCCC1(C)CCc2c(C)c(OCC(=O)O)c(C)c(C)c2N1.CCCCCCCCCCCCCCCCC1(C)CCc2c(C)c(OCC)c(C)c(C)c2N1. The molecule has 3 N–H and O–H groups in total. The van der Waals surface area contributed by atoms with E-state index in [9.17, 15) is 4.79 Å². The summed E-state index contributed by atoms with van der Waals surface area (Å²) in [6.45, 7) is 24.9. The number of aliphatic carboxylic acids is 1. The lowest BCUT2D eigenvalue weighted by Crippen LogP contribution is -2.39. The Kier molecular flexibility index (Phi) is 28.7. The highest BCUT2D eigenvalue weighted by molar-refractivity contribution is 5.72. The highest BCUT2D eigenvalue weighted by atomic mass is 16.5. The summed E-state index contributed by atoms with van der Waals surface area (Å²) in [7, 11) is 0. The fraction of sp³-hybridized carbons (Fsp3) is 0.790. The number of ether oxygens (including phenoxy) is 2. The van der Waals surface area contributed by atoms with Crippen molar-refractivity contribution in [1.29, 1.82) is 0 Å². The number of unbranched alkanes of at least 4 members (excludes halogenated alkanes) is 26. The molecule has 0 aliphatic carbocycles. The van der Waals surface area contributed by atoms with E-state index in [2.05, 4.69) is 79.9 Å². The Bertz CT molecular complexity index is 1730. The molecule has 6 nitrogen and oxygen atoms in total.